The molecular weight excluding hydrogens is 567 g/mol. The average Bonchev–Trinajstić information content (AvgIpc) is 3.02. The molecule has 1 aliphatic heterocycles. The van der Waals surface area contributed by atoms with E-state index in [1.807, 2.05) is 12.1 Å². The minimum atomic E-state index is 0.468. The van der Waals surface area contributed by atoms with Gasteiger partial charge in [-0.1, -0.05) is 23.3 Å². The van der Waals surface area contributed by atoms with Gasteiger partial charge >= 0.3 is 0 Å². The number of anilines is 3. The molecule has 0 unspecified atom stereocenters. The molecule has 0 spiro atoms. The molecule has 5 rings (SSSR count). The molecule has 3 aromatic rings. The fraction of sp³-hybridized carbons (Fsp3) is 0.257. The Morgan fingerprint density at radius 1 is 0.864 bits per heavy atom. The topological polar surface area (TPSA) is 92.2 Å². The number of hydrogen-bond donors (Lipinski definition) is 2. The van der Waals surface area contributed by atoms with Gasteiger partial charge in [-0.25, -0.2) is 4.58 Å². The molecule has 0 aromatic heterocycles. The van der Waals surface area contributed by atoms with Crippen LogP contribution in [0.2, 0.25) is 0 Å². The monoisotopic (exact) mass is 604 g/mol. The van der Waals surface area contributed by atoms with Crippen LogP contribution in [-0.2, 0) is 0 Å². The number of hydrogen-bond acceptors (Lipinski definition) is 4. The number of azide groups is 1. The summed E-state index contributed by atoms with van der Waals surface area (Å²) in [6.07, 6.45) is 0. The minimum Gasteiger partial charge on any atom is -0.456 e. The van der Waals surface area contributed by atoms with E-state index in [0.717, 1.165) is 87.6 Å². The van der Waals surface area contributed by atoms with Crippen LogP contribution >= 0.6 is 12.2 Å². The molecule has 224 valence electrons. The van der Waals surface area contributed by atoms with Crippen LogP contribution in [0.1, 0.15) is 33.3 Å². The molecular formula is C35H38N7OS+. The zero-order valence-electron chi connectivity index (χ0n) is 25.9. The van der Waals surface area contributed by atoms with Crippen LogP contribution in [0.4, 0.5) is 22.7 Å². The highest BCUT2D eigenvalue weighted by Gasteiger charge is 2.20. The largest absolute Gasteiger partial charge is 0.456 e. The summed E-state index contributed by atoms with van der Waals surface area (Å²) in [7, 11) is 0. The predicted molar refractivity (Wildman–Crippen MR) is 188 cm³/mol. The van der Waals surface area contributed by atoms with Crippen molar-refractivity contribution in [1.82, 2.24) is 4.58 Å². The van der Waals surface area contributed by atoms with Crippen molar-refractivity contribution < 1.29 is 4.42 Å². The van der Waals surface area contributed by atoms with Crippen LogP contribution < -0.4 is 25.5 Å². The van der Waals surface area contributed by atoms with E-state index in [1.165, 1.54) is 0 Å². The zero-order valence-corrected chi connectivity index (χ0v) is 26.7. The molecule has 8 nitrogen and oxygen atoms in total. The van der Waals surface area contributed by atoms with Crippen molar-refractivity contribution >= 4 is 51.0 Å². The molecule has 1 heterocycles. The molecule has 2 N–H and O–H groups in total. The number of benzene rings is 4. The van der Waals surface area contributed by atoms with Gasteiger partial charge in [0.2, 0.25) is 5.36 Å². The lowest BCUT2D eigenvalue weighted by Crippen LogP contribution is -2.29. The van der Waals surface area contributed by atoms with E-state index in [0.29, 0.717) is 10.8 Å². The van der Waals surface area contributed by atoms with Gasteiger partial charge in [0, 0.05) is 69.4 Å². The van der Waals surface area contributed by atoms with E-state index >= 15 is 0 Å². The van der Waals surface area contributed by atoms with Crippen LogP contribution in [0.5, 0.6) is 0 Å². The van der Waals surface area contributed by atoms with Crippen LogP contribution in [-0.4, -0.2) is 31.3 Å². The normalized spacial score (nSPS) is 10.8. The molecule has 0 radical (unpaired) electrons. The molecule has 0 saturated carbocycles. The average molecular weight is 605 g/mol. The molecule has 9 heteroatoms. The molecule has 0 bridgehead atoms. The van der Waals surface area contributed by atoms with Gasteiger partial charge in [0.15, 0.2) is 5.11 Å². The molecule has 0 atom stereocenters. The second kappa shape index (κ2) is 13.6. The summed E-state index contributed by atoms with van der Waals surface area (Å²) < 4.78 is 8.98. The number of rotatable bonds is 9. The summed E-state index contributed by atoms with van der Waals surface area (Å²) in [6.45, 7) is 14.6. The third kappa shape index (κ3) is 6.39. The maximum atomic E-state index is 8.62. The highest BCUT2D eigenvalue weighted by molar-refractivity contribution is 7.80. The van der Waals surface area contributed by atoms with Gasteiger partial charge < -0.3 is 20.0 Å². The number of thiocarbonyl (C=S) groups is 1. The van der Waals surface area contributed by atoms with Crippen molar-refractivity contribution in [1.29, 1.82) is 0 Å². The first-order valence-electron chi connectivity index (χ1n) is 15.1. The van der Waals surface area contributed by atoms with E-state index in [1.54, 1.807) is 12.1 Å². The van der Waals surface area contributed by atoms with Crippen molar-refractivity contribution in [3.05, 3.63) is 100 Å². The Balaban J connectivity index is 1.56. The fourth-order valence-corrected chi connectivity index (χ4v) is 5.94. The minimum absolute atomic E-state index is 0.468. The first-order chi connectivity index (χ1) is 21.4. The third-order valence-corrected chi connectivity index (χ3v) is 8.19. The summed E-state index contributed by atoms with van der Waals surface area (Å²) in [5.41, 5.74) is 17.4. The summed E-state index contributed by atoms with van der Waals surface area (Å²) >= 11 is 5.58. The van der Waals surface area contributed by atoms with Gasteiger partial charge in [-0.2, -0.15) is 0 Å². The maximum absolute atomic E-state index is 8.62. The summed E-state index contributed by atoms with van der Waals surface area (Å²) in [6, 6.07) is 26.5. The van der Waals surface area contributed by atoms with E-state index in [4.69, 9.17) is 22.2 Å². The Hall–Kier alpha value is -4.85. The number of fused-ring (bicyclic) bond motifs is 2. The van der Waals surface area contributed by atoms with E-state index in [2.05, 4.69) is 119 Å². The molecule has 2 aliphatic rings. The Morgan fingerprint density at radius 2 is 1.55 bits per heavy atom. The lowest BCUT2D eigenvalue weighted by Gasteiger charge is -2.22. The maximum Gasteiger partial charge on any atom is 0.203 e. The molecule has 3 aromatic carbocycles. The molecule has 0 saturated heterocycles. The van der Waals surface area contributed by atoms with E-state index < -0.39 is 0 Å². The van der Waals surface area contributed by atoms with Gasteiger partial charge in [0.05, 0.1) is 6.07 Å². The lowest BCUT2D eigenvalue weighted by molar-refractivity contribution is 0.604. The summed E-state index contributed by atoms with van der Waals surface area (Å²) in [5, 5.41) is 12.8. The highest BCUT2D eigenvalue weighted by atomic mass is 32.1. The second-order valence-electron chi connectivity index (χ2n) is 10.5. The van der Waals surface area contributed by atoms with Crippen molar-refractivity contribution in [2.24, 2.45) is 5.11 Å². The molecule has 1 aliphatic carbocycles. The Morgan fingerprint density at radius 3 is 2.20 bits per heavy atom. The van der Waals surface area contributed by atoms with Gasteiger partial charge in [-0.3, -0.25) is 0 Å². The van der Waals surface area contributed by atoms with Gasteiger partial charge in [-0.05, 0) is 106 Å². The zero-order chi connectivity index (χ0) is 31.2. The molecule has 0 fully saturated rings. The van der Waals surface area contributed by atoms with Crippen LogP contribution in [0.3, 0.4) is 0 Å². The quantitative estimate of drug-likeness (QED) is 0.0438. The summed E-state index contributed by atoms with van der Waals surface area (Å²) in [4.78, 5) is 5.15. The van der Waals surface area contributed by atoms with Crippen molar-refractivity contribution in [3.63, 3.8) is 0 Å². The van der Waals surface area contributed by atoms with E-state index in [9.17, 15) is 0 Å². The SMILES string of the molecule is CCN(CC)c1ccc2c(-c3ccc(NC(=S)Nc4ccc(N=[N+]=[N-])cc4)cc3C)c3ccc(=[N+](CC)CC)cc-3oc2c1. The molecule has 0 amide bonds. The fourth-order valence-electron chi connectivity index (χ4n) is 5.71. The van der Waals surface area contributed by atoms with Crippen molar-refractivity contribution in [2.75, 3.05) is 41.7 Å². The van der Waals surface area contributed by atoms with Gasteiger partial charge in [-0.15, -0.1) is 0 Å². The smallest absolute Gasteiger partial charge is 0.203 e. The second-order valence-corrected chi connectivity index (χ2v) is 10.9. The van der Waals surface area contributed by atoms with Crippen LogP contribution in [0.25, 0.3) is 43.9 Å². The van der Waals surface area contributed by atoms with Crippen LogP contribution in [0.15, 0.2) is 88.4 Å². The highest BCUT2D eigenvalue weighted by Crippen LogP contribution is 2.42. The summed E-state index contributed by atoms with van der Waals surface area (Å²) in [5.74, 6) is 0.868. The number of aryl methyl sites for hydroxylation is 1. The first-order valence-corrected chi connectivity index (χ1v) is 15.5. The van der Waals surface area contributed by atoms with Gasteiger partial charge in [0.25, 0.3) is 0 Å². The van der Waals surface area contributed by atoms with Gasteiger partial charge in [0.1, 0.15) is 24.4 Å². The Kier molecular flexibility index (Phi) is 9.48. The van der Waals surface area contributed by atoms with Crippen molar-refractivity contribution in [2.45, 2.75) is 34.6 Å². The van der Waals surface area contributed by atoms with E-state index in [-0.39, 0.29) is 0 Å². The standard InChI is InChI=1S/C35H37N7OS/c1-6-41(7-2)27-15-18-30-32(21-27)43-33-22-28(42(8-3)9-4)16-19-31(33)34(30)29-17-14-26(20-23(29)5)38-35(44)37-24-10-12-25(13-11-24)39-40-36/h10-22H,6-9H2,1-5H3,(H,37,44)/p+1. The predicted octanol–water partition coefficient (Wildman–Crippen LogP) is 8.92. The van der Waals surface area contributed by atoms with Crippen molar-refractivity contribution in [3.8, 4) is 22.5 Å². The third-order valence-electron chi connectivity index (χ3n) is 7.99. The number of nitrogens with one attached hydrogen (secondary N) is 2. The molecule has 44 heavy (non-hydrogen) atoms. The number of nitrogens with zero attached hydrogens (tertiary/aromatic N) is 5. The first kappa shape index (κ1) is 30.6. The Labute approximate surface area is 263 Å². The van der Waals surface area contributed by atoms with Crippen LogP contribution in [0, 0.1) is 6.92 Å². The Bertz CT molecular complexity index is 1900. The lowest BCUT2D eigenvalue weighted by atomic mass is 9.91.